The molecular formula is C27H26N2O3. The van der Waals surface area contributed by atoms with Gasteiger partial charge in [0.15, 0.2) is 0 Å². The van der Waals surface area contributed by atoms with E-state index in [9.17, 15) is 9.59 Å². The number of methoxy groups -OCH3 is 1. The zero-order chi connectivity index (χ0) is 22.5. The summed E-state index contributed by atoms with van der Waals surface area (Å²) in [5, 5.41) is 3.21. The molecule has 1 heterocycles. The standard InChI is InChI=1S/C27H26N2O3/c1-3-19-13-15-21(16-14-19)28-25-24(22-11-7-8-12-23(22)32-2)26(30)29(27(25)31)18-17-20-9-5-4-6-10-20/h4-16,28H,3,17-18H2,1-2H3. The van der Waals surface area contributed by atoms with Gasteiger partial charge in [-0.05, 0) is 42.2 Å². The molecule has 0 spiro atoms. The lowest BCUT2D eigenvalue weighted by molar-refractivity contribution is -0.136. The van der Waals surface area contributed by atoms with Gasteiger partial charge < -0.3 is 10.1 Å². The zero-order valence-corrected chi connectivity index (χ0v) is 18.3. The Morgan fingerprint density at radius 1 is 0.812 bits per heavy atom. The predicted molar refractivity (Wildman–Crippen MR) is 126 cm³/mol. The SMILES string of the molecule is CCc1ccc(NC2=C(c3ccccc3OC)C(=O)N(CCc3ccccc3)C2=O)cc1. The summed E-state index contributed by atoms with van der Waals surface area (Å²) in [6.07, 6.45) is 1.52. The first-order chi connectivity index (χ1) is 15.6. The monoisotopic (exact) mass is 426 g/mol. The number of para-hydroxylation sites is 1. The van der Waals surface area contributed by atoms with Crippen molar-refractivity contribution in [2.24, 2.45) is 0 Å². The lowest BCUT2D eigenvalue weighted by Gasteiger charge is -2.15. The molecule has 0 aliphatic carbocycles. The average molecular weight is 427 g/mol. The molecule has 3 aromatic carbocycles. The molecule has 0 atom stereocenters. The third kappa shape index (κ3) is 4.28. The van der Waals surface area contributed by atoms with Crippen LogP contribution in [0.5, 0.6) is 5.75 Å². The second kappa shape index (κ2) is 9.52. The Morgan fingerprint density at radius 2 is 1.50 bits per heavy atom. The quantitative estimate of drug-likeness (QED) is 0.531. The van der Waals surface area contributed by atoms with Gasteiger partial charge in [0.1, 0.15) is 11.4 Å². The zero-order valence-electron chi connectivity index (χ0n) is 18.3. The van der Waals surface area contributed by atoms with E-state index in [4.69, 9.17) is 4.74 Å². The maximum atomic E-state index is 13.5. The van der Waals surface area contributed by atoms with Crippen LogP contribution in [0.2, 0.25) is 0 Å². The molecule has 1 aliphatic heterocycles. The van der Waals surface area contributed by atoms with Crippen molar-refractivity contribution < 1.29 is 14.3 Å². The maximum Gasteiger partial charge on any atom is 0.278 e. The summed E-state index contributed by atoms with van der Waals surface area (Å²) in [4.78, 5) is 28.2. The average Bonchev–Trinajstić information content (AvgIpc) is 3.07. The van der Waals surface area contributed by atoms with Crippen molar-refractivity contribution in [3.05, 3.63) is 101 Å². The number of amides is 2. The number of nitrogens with zero attached hydrogens (tertiary/aromatic N) is 1. The first-order valence-electron chi connectivity index (χ1n) is 10.8. The molecule has 0 bridgehead atoms. The number of nitrogens with one attached hydrogen (secondary N) is 1. The summed E-state index contributed by atoms with van der Waals surface area (Å²) < 4.78 is 5.49. The van der Waals surface area contributed by atoms with Crippen LogP contribution in [0.1, 0.15) is 23.6 Å². The first kappa shape index (κ1) is 21.4. The number of rotatable bonds is 8. The Labute approximate surface area is 188 Å². The number of carbonyl (C=O) groups is 2. The van der Waals surface area contributed by atoms with Gasteiger partial charge in [-0.25, -0.2) is 0 Å². The number of carbonyl (C=O) groups excluding carboxylic acids is 2. The van der Waals surface area contributed by atoms with E-state index in [2.05, 4.69) is 12.2 Å². The highest BCUT2D eigenvalue weighted by Crippen LogP contribution is 2.35. The van der Waals surface area contributed by atoms with Gasteiger partial charge in [-0.2, -0.15) is 0 Å². The molecule has 1 N–H and O–H groups in total. The molecule has 0 saturated carbocycles. The van der Waals surface area contributed by atoms with Crippen LogP contribution in [-0.2, 0) is 22.4 Å². The van der Waals surface area contributed by atoms with Crippen molar-refractivity contribution in [3.63, 3.8) is 0 Å². The van der Waals surface area contributed by atoms with Crippen LogP contribution in [0.25, 0.3) is 5.57 Å². The molecule has 0 unspecified atom stereocenters. The Balaban J connectivity index is 1.70. The van der Waals surface area contributed by atoms with Crippen LogP contribution in [0.15, 0.2) is 84.6 Å². The van der Waals surface area contributed by atoms with E-state index in [1.54, 1.807) is 13.2 Å². The summed E-state index contributed by atoms with van der Waals surface area (Å²) in [6, 6.07) is 25.0. The van der Waals surface area contributed by atoms with E-state index < -0.39 is 0 Å². The lowest BCUT2D eigenvalue weighted by atomic mass is 10.0. The van der Waals surface area contributed by atoms with Crippen molar-refractivity contribution in [1.82, 2.24) is 4.90 Å². The van der Waals surface area contributed by atoms with Crippen molar-refractivity contribution in [2.75, 3.05) is 19.0 Å². The molecule has 3 aromatic rings. The van der Waals surface area contributed by atoms with E-state index in [1.165, 1.54) is 10.5 Å². The summed E-state index contributed by atoms with van der Waals surface area (Å²) in [7, 11) is 1.56. The first-order valence-corrected chi connectivity index (χ1v) is 10.8. The number of hydrogen-bond donors (Lipinski definition) is 1. The molecule has 0 radical (unpaired) electrons. The molecule has 2 amide bonds. The number of anilines is 1. The maximum absolute atomic E-state index is 13.5. The van der Waals surface area contributed by atoms with Crippen LogP contribution in [-0.4, -0.2) is 30.4 Å². The number of imide groups is 1. The summed E-state index contributed by atoms with van der Waals surface area (Å²) in [5.74, 6) is -0.0938. The van der Waals surface area contributed by atoms with Crippen LogP contribution in [0.4, 0.5) is 5.69 Å². The molecule has 5 heteroatoms. The Hall–Kier alpha value is -3.86. The van der Waals surface area contributed by atoms with E-state index in [0.29, 0.717) is 29.9 Å². The van der Waals surface area contributed by atoms with E-state index in [-0.39, 0.29) is 17.5 Å². The molecule has 32 heavy (non-hydrogen) atoms. The van der Waals surface area contributed by atoms with E-state index in [0.717, 1.165) is 17.7 Å². The topological polar surface area (TPSA) is 58.6 Å². The van der Waals surface area contributed by atoms with Gasteiger partial charge in [0.25, 0.3) is 11.8 Å². The van der Waals surface area contributed by atoms with Crippen molar-refractivity contribution >= 4 is 23.1 Å². The van der Waals surface area contributed by atoms with Crippen molar-refractivity contribution in [1.29, 1.82) is 0 Å². The number of ether oxygens (including phenoxy) is 1. The molecule has 4 rings (SSSR count). The molecular weight excluding hydrogens is 400 g/mol. The Kier molecular flexibility index (Phi) is 6.36. The fourth-order valence-electron chi connectivity index (χ4n) is 3.85. The lowest BCUT2D eigenvalue weighted by Crippen LogP contribution is -2.34. The summed E-state index contributed by atoms with van der Waals surface area (Å²) >= 11 is 0. The Morgan fingerprint density at radius 3 is 2.19 bits per heavy atom. The second-order valence-corrected chi connectivity index (χ2v) is 7.62. The fraction of sp³-hybridized carbons (Fsp3) is 0.185. The fourth-order valence-corrected chi connectivity index (χ4v) is 3.85. The summed E-state index contributed by atoms with van der Waals surface area (Å²) in [6.45, 7) is 2.40. The highest BCUT2D eigenvalue weighted by molar-refractivity contribution is 6.37. The highest BCUT2D eigenvalue weighted by atomic mass is 16.5. The molecule has 0 aromatic heterocycles. The molecule has 0 saturated heterocycles. The largest absolute Gasteiger partial charge is 0.496 e. The van der Waals surface area contributed by atoms with Gasteiger partial charge in [0.05, 0.1) is 12.7 Å². The van der Waals surface area contributed by atoms with Crippen LogP contribution in [0, 0.1) is 0 Å². The molecule has 162 valence electrons. The Bertz CT molecular complexity index is 1150. The smallest absolute Gasteiger partial charge is 0.278 e. The predicted octanol–water partition coefficient (Wildman–Crippen LogP) is 4.69. The van der Waals surface area contributed by atoms with Gasteiger partial charge in [-0.1, -0.05) is 67.6 Å². The second-order valence-electron chi connectivity index (χ2n) is 7.62. The van der Waals surface area contributed by atoms with Crippen LogP contribution in [0.3, 0.4) is 0 Å². The summed E-state index contributed by atoms with van der Waals surface area (Å²) in [5.41, 5.74) is 4.24. The number of hydrogen-bond acceptors (Lipinski definition) is 4. The highest BCUT2D eigenvalue weighted by Gasteiger charge is 2.39. The van der Waals surface area contributed by atoms with Crippen LogP contribution < -0.4 is 10.1 Å². The van der Waals surface area contributed by atoms with Crippen molar-refractivity contribution in [3.8, 4) is 5.75 Å². The number of benzene rings is 3. The normalized spacial score (nSPS) is 13.6. The van der Waals surface area contributed by atoms with Gasteiger partial charge in [-0.3, -0.25) is 14.5 Å². The van der Waals surface area contributed by atoms with Gasteiger partial charge in [-0.15, -0.1) is 0 Å². The number of aryl methyl sites for hydroxylation is 1. The molecule has 5 nitrogen and oxygen atoms in total. The van der Waals surface area contributed by atoms with Crippen molar-refractivity contribution in [2.45, 2.75) is 19.8 Å². The molecule has 0 fully saturated rings. The van der Waals surface area contributed by atoms with E-state index >= 15 is 0 Å². The van der Waals surface area contributed by atoms with Gasteiger partial charge >= 0.3 is 0 Å². The minimum absolute atomic E-state index is 0.275. The van der Waals surface area contributed by atoms with Gasteiger partial charge in [0, 0.05) is 17.8 Å². The molecule has 1 aliphatic rings. The third-order valence-electron chi connectivity index (χ3n) is 5.64. The minimum atomic E-state index is -0.327. The third-order valence-corrected chi connectivity index (χ3v) is 5.64. The van der Waals surface area contributed by atoms with E-state index in [1.807, 2.05) is 72.8 Å². The minimum Gasteiger partial charge on any atom is -0.496 e. The van der Waals surface area contributed by atoms with Crippen LogP contribution >= 0.6 is 0 Å². The van der Waals surface area contributed by atoms with Gasteiger partial charge in [0.2, 0.25) is 0 Å².